The summed E-state index contributed by atoms with van der Waals surface area (Å²) in [4.78, 5) is 29.4. The first-order valence-electron chi connectivity index (χ1n) is 13.3. The van der Waals surface area contributed by atoms with Crippen LogP contribution in [0.4, 0.5) is 17.1 Å². The monoisotopic (exact) mass is 540 g/mol. The molecule has 39 heavy (non-hydrogen) atoms. The van der Waals surface area contributed by atoms with E-state index in [0.717, 1.165) is 71.1 Å². The Morgan fingerprint density at radius 3 is 2.69 bits per heavy atom. The predicted molar refractivity (Wildman–Crippen MR) is 160 cm³/mol. The van der Waals surface area contributed by atoms with E-state index in [2.05, 4.69) is 52.9 Å². The highest BCUT2D eigenvalue weighted by molar-refractivity contribution is 6.30. The Balaban J connectivity index is 0.000000214. The van der Waals surface area contributed by atoms with Crippen LogP contribution in [0.15, 0.2) is 77.4 Å². The number of nitrogens with zero attached hydrogens (tertiary/aromatic N) is 2. The zero-order valence-electron chi connectivity index (χ0n) is 22.5. The number of fused-ring (bicyclic) bond motifs is 4. The minimum absolute atomic E-state index is 0.124. The number of allylic oxidation sites excluding steroid dienone is 1. The molecule has 3 aromatic carbocycles. The summed E-state index contributed by atoms with van der Waals surface area (Å²) >= 11 is 5.81. The van der Waals surface area contributed by atoms with Gasteiger partial charge >= 0.3 is 0 Å². The number of anilines is 3. The first kappa shape index (κ1) is 26.7. The summed E-state index contributed by atoms with van der Waals surface area (Å²) < 4.78 is 0. The highest BCUT2D eigenvalue weighted by Crippen LogP contribution is 2.47. The maximum atomic E-state index is 12.8. The van der Waals surface area contributed by atoms with Crippen LogP contribution in [-0.2, 0) is 34.3 Å². The quantitative estimate of drug-likeness (QED) is 0.293. The Morgan fingerprint density at radius 1 is 1.10 bits per heavy atom. The van der Waals surface area contributed by atoms with E-state index < -0.39 is 5.41 Å². The first-order valence-corrected chi connectivity index (χ1v) is 13.7. The van der Waals surface area contributed by atoms with Gasteiger partial charge in [0.25, 0.3) is 0 Å². The Kier molecular flexibility index (Phi) is 7.58. The third-order valence-corrected chi connectivity index (χ3v) is 7.87. The van der Waals surface area contributed by atoms with E-state index in [4.69, 9.17) is 11.6 Å². The second-order valence-corrected chi connectivity index (χ2v) is 10.8. The molecule has 7 heteroatoms. The highest BCUT2D eigenvalue weighted by Gasteiger charge is 2.50. The SMILES string of the molecule is CC=N/C(C)=C\C(C)Nc1ccc2c(c1)CC1(C2)C(=O)Nc2ccccc21.O=CN1CCc2cc(Cl)ccc21. The number of amides is 2. The number of benzene rings is 3. The number of rotatable bonds is 5. The number of nitrogens with one attached hydrogen (secondary N) is 2. The number of carbonyl (C=O) groups excluding carboxylic acids is 2. The van der Waals surface area contributed by atoms with Gasteiger partial charge in [-0.3, -0.25) is 14.6 Å². The molecule has 2 atom stereocenters. The first-order chi connectivity index (χ1) is 18.8. The molecule has 2 amide bonds. The fourth-order valence-electron chi connectivity index (χ4n) is 5.91. The van der Waals surface area contributed by atoms with Crippen molar-refractivity contribution in [3.05, 3.63) is 99.7 Å². The van der Waals surface area contributed by atoms with Crippen LogP contribution in [0.1, 0.15) is 43.0 Å². The van der Waals surface area contributed by atoms with Gasteiger partial charge in [-0.2, -0.15) is 0 Å². The van der Waals surface area contributed by atoms with Gasteiger partial charge in [-0.15, -0.1) is 0 Å². The van der Waals surface area contributed by atoms with Crippen LogP contribution in [0.2, 0.25) is 5.02 Å². The van der Waals surface area contributed by atoms with E-state index >= 15 is 0 Å². The fraction of sp³-hybridized carbons (Fsp3) is 0.281. The van der Waals surface area contributed by atoms with Crippen molar-refractivity contribution in [2.24, 2.45) is 4.99 Å². The minimum Gasteiger partial charge on any atom is -0.379 e. The molecule has 2 N–H and O–H groups in total. The average molecular weight is 541 g/mol. The molecule has 1 spiro atoms. The van der Waals surface area contributed by atoms with Crippen molar-refractivity contribution in [3.63, 3.8) is 0 Å². The predicted octanol–water partition coefficient (Wildman–Crippen LogP) is 6.33. The van der Waals surface area contributed by atoms with E-state index in [1.54, 1.807) is 11.1 Å². The van der Waals surface area contributed by atoms with Gasteiger partial charge < -0.3 is 15.5 Å². The maximum absolute atomic E-state index is 12.8. The third kappa shape index (κ3) is 5.34. The minimum atomic E-state index is -0.449. The lowest BCUT2D eigenvalue weighted by Gasteiger charge is -2.20. The second-order valence-electron chi connectivity index (χ2n) is 10.4. The number of para-hydroxylation sites is 1. The zero-order valence-corrected chi connectivity index (χ0v) is 23.3. The van der Waals surface area contributed by atoms with E-state index in [1.807, 2.05) is 50.2 Å². The summed E-state index contributed by atoms with van der Waals surface area (Å²) in [6.45, 7) is 6.81. The number of hydrogen-bond donors (Lipinski definition) is 2. The fourth-order valence-corrected chi connectivity index (χ4v) is 6.10. The highest BCUT2D eigenvalue weighted by atomic mass is 35.5. The van der Waals surface area contributed by atoms with E-state index in [1.165, 1.54) is 11.1 Å². The van der Waals surface area contributed by atoms with Crippen molar-refractivity contribution in [2.75, 3.05) is 22.1 Å². The van der Waals surface area contributed by atoms with E-state index in [9.17, 15) is 9.59 Å². The standard InChI is InChI=1S/C23H25N3O.C9H8ClNO/c1-4-24-15(2)11-16(3)25-19-10-9-17-13-23(14-18(17)12-19)20-7-5-6-8-21(20)26-22(23)27;10-8-1-2-9-7(5-8)3-4-11(9)6-12/h4-12,16,25H,13-14H2,1-3H3,(H,26,27);1-2,5-6H,3-4H2/b15-11-,24-4?;. The molecular formula is C32H33ClN4O2. The van der Waals surface area contributed by atoms with Crippen molar-refractivity contribution in [3.8, 4) is 0 Å². The molecule has 2 unspecified atom stereocenters. The van der Waals surface area contributed by atoms with E-state index in [-0.39, 0.29) is 11.9 Å². The van der Waals surface area contributed by atoms with Crippen LogP contribution in [0.5, 0.6) is 0 Å². The molecule has 0 saturated heterocycles. The maximum Gasteiger partial charge on any atom is 0.235 e. The number of aliphatic imine (C=N–C) groups is 1. The molecule has 0 fully saturated rings. The molecule has 0 bridgehead atoms. The Hall–Kier alpha value is -3.90. The molecule has 2 aliphatic heterocycles. The normalized spacial score (nSPS) is 19.7. The average Bonchev–Trinajstić information content (AvgIpc) is 3.57. The molecule has 3 aliphatic rings. The molecular weight excluding hydrogens is 508 g/mol. The van der Waals surface area contributed by atoms with Crippen molar-refractivity contribution in [1.82, 2.24) is 0 Å². The van der Waals surface area contributed by atoms with Crippen LogP contribution in [0.3, 0.4) is 0 Å². The Morgan fingerprint density at radius 2 is 1.90 bits per heavy atom. The molecule has 0 aromatic heterocycles. The summed E-state index contributed by atoms with van der Waals surface area (Å²) in [5.74, 6) is 0.124. The van der Waals surface area contributed by atoms with E-state index in [0.29, 0.717) is 0 Å². The molecule has 2 heterocycles. The van der Waals surface area contributed by atoms with Gasteiger partial charge in [-0.1, -0.05) is 35.9 Å². The summed E-state index contributed by atoms with van der Waals surface area (Å²) in [5.41, 5.74) is 8.39. The molecule has 1 aliphatic carbocycles. The van der Waals surface area contributed by atoms with Gasteiger partial charge in [0.1, 0.15) is 0 Å². The van der Waals surface area contributed by atoms with Crippen LogP contribution < -0.4 is 15.5 Å². The van der Waals surface area contributed by atoms with Crippen molar-refractivity contribution >= 4 is 47.2 Å². The lowest BCUT2D eigenvalue weighted by molar-refractivity contribution is -0.120. The van der Waals surface area contributed by atoms with Crippen LogP contribution in [0.25, 0.3) is 0 Å². The topological polar surface area (TPSA) is 73.8 Å². The van der Waals surface area contributed by atoms with Gasteiger partial charge in [-0.05, 0) is 105 Å². The smallest absolute Gasteiger partial charge is 0.235 e. The zero-order chi connectivity index (χ0) is 27.6. The lowest BCUT2D eigenvalue weighted by Crippen LogP contribution is -2.35. The van der Waals surface area contributed by atoms with Crippen molar-refractivity contribution in [1.29, 1.82) is 0 Å². The van der Waals surface area contributed by atoms with Gasteiger partial charge in [-0.25, -0.2) is 0 Å². The number of carbonyl (C=O) groups is 2. The van der Waals surface area contributed by atoms with Crippen LogP contribution >= 0.6 is 11.6 Å². The lowest BCUT2D eigenvalue weighted by atomic mass is 9.79. The van der Waals surface area contributed by atoms with Gasteiger partial charge in [0.2, 0.25) is 12.3 Å². The molecule has 6 rings (SSSR count). The van der Waals surface area contributed by atoms with Gasteiger partial charge in [0.15, 0.2) is 0 Å². The molecule has 3 aromatic rings. The molecule has 0 radical (unpaired) electrons. The van der Waals surface area contributed by atoms with Crippen molar-refractivity contribution in [2.45, 2.75) is 51.5 Å². The molecule has 6 nitrogen and oxygen atoms in total. The summed E-state index contributed by atoms with van der Waals surface area (Å²) in [6, 6.07) is 20.3. The molecule has 0 saturated carbocycles. The molecule has 200 valence electrons. The Labute approximate surface area is 234 Å². The summed E-state index contributed by atoms with van der Waals surface area (Å²) in [6.07, 6.45) is 7.21. The van der Waals surface area contributed by atoms with Gasteiger partial charge in [0, 0.05) is 46.6 Å². The Bertz CT molecular complexity index is 1480. The summed E-state index contributed by atoms with van der Waals surface area (Å²) in [5, 5.41) is 7.33. The number of hydrogen-bond acceptors (Lipinski definition) is 4. The van der Waals surface area contributed by atoms with Crippen LogP contribution in [0, 0.1) is 0 Å². The number of halogens is 1. The van der Waals surface area contributed by atoms with Crippen LogP contribution in [-0.4, -0.2) is 31.1 Å². The summed E-state index contributed by atoms with van der Waals surface area (Å²) in [7, 11) is 0. The van der Waals surface area contributed by atoms with Crippen molar-refractivity contribution < 1.29 is 9.59 Å². The third-order valence-electron chi connectivity index (χ3n) is 7.63. The largest absolute Gasteiger partial charge is 0.379 e. The van der Waals surface area contributed by atoms with Gasteiger partial charge in [0.05, 0.1) is 5.41 Å². The second kappa shape index (κ2) is 11.1.